The minimum atomic E-state index is -0.382. The summed E-state index contributed by atoms with van der Waals surface area (Å²) in [7, 11) is 0. The van der Waals surface area contributed by atoms with Crippen LogP contribution in [-0.2, 0) is 6.67 Å². The van der Waals surface area contributed by atoms with E-state index in [2.05, 4.69) is 20.3 Å². The van der Waals surface area contributed by atoms with E-state index in [1.807, 2.05) is 0 Å². The van der Waals surface area contributed by atoms with Crippen LogP contribution in [0.3, 0.4) is 0 Å². The molecular formula is C4H3N5O. The van der Waals surface area contributed by atoms with Crippen LogP contribution < -0.4 is 5.56 Å². The van der Waals surface area contributed by atoms with Crippen molar-refractivity contribution in [2.24, 2.45) is 10.2 Å². The molecule has 50 valence electrons. The first-order valence-electron chi connectivity index (χ1n) is 2.68. The largest absolute Gasteiger partial charge is 0.293 e. The van der Waals surface area contributed by atoms with Crippen molar-refractivity contribution >= 4 is 5.95 Å². The summed E-state index contributed by atoms with van der Waals surface area (Å²) in [6.07, 6.45) is 1.14. The average Bonchev–Trinajstić information content (AvgIpc) is 2.33. The second-order valence-electron chi connectivity index (χ2n) is 1.78. The van der Waals surface area contributed by atoms with Gasteiger partial charge in [0.15, 0.2) is 6.67 Å². The minimum Gasteiger partial charge on any atom is -0.265 e. The summed E-state index contributed by atoms with van der Waals surface area (Å²) in [6.45, 7) is 0.364. The molecule has 0 N–H and O–H groups in total. The smallest absolute Gasteiger partial charge is 0.265 e. The number of nitrogens with zero attached hydrogens (tertiary/aromatic N) is 5. The maximum atomic E-state index is 10.5. The van der Waals surface area contributed by atoms with Crippen molar-refractivity contribution in [1.29, 1.82) is 0 Å². The Balaban J connectivity index is 2.71. The molecule has 6 nitrogen and oxygen atoms in total. The van der Waals surface area contributed by atoms with E-state index in [1.165, 1.54) is 4.68 Å². The quantitative estimate of drug-likeness (QED) is 0.492. The monoisotopic (exact) mass is 137 g/mol. The first-order valence-corrected chi connectivity index (χ1v) is 2.68. The molecule has 0 unspecified atom stereocenters. The molecule has 0 aliphatic carbocycles. The molecule has 0 saturated heterocycles. The molecule has 0 spiro atoms. The van der Waals surface area contributed by atoms with Gasteiger partial charge < -0.3 is 0 Å². The lowest BCUT2D eigenvalue weighted by molar-refractivity contribution is 0.645. The molecule has 0 saturated carbocycles. The Morgan fingerprint density at radius 2 is 2.50 bits per heavy atom. The lowest BCUT2D eigenvalue weighted by Gasteiger charge is -1.92. The van der Waals surface area contributed by atoms with Crippen LogP contribution in [0, 0.1) is 0 Å². The molecule has 10 heavy (non-hydrogen) atoms. The van der Waals surface area contributed by atoms with Gasteiger partial charge in [0.1, 0.15) is 6.20 Å². The van der Waals surface area contributed by atoms with E-state index in [1.54, 1.807) is 0 Å². The zero-order valence-electron chi connectivity index (χ0n) is 4.93. The molecule has 0 bridgehead atoms. The van der Waals surface area contributed by atoms with Crippen molar-refractivity contribution in [3.8, 4) is 0 Å². The van der Waals surface area contributed by atoms with Gasteiger partial charge in [0.25, 0.3) is 11.5 Å². The third-order valence-corrected chi connectivity index (χ3v) is 1.11. The standard InChI is InChI=1S/C4H3N5O/c10-3-1-6-9-2-5-8-4(9)7-3/h1H,2H2. The van der Waals surface area contributed by atoms with Crippen LogP contribution in [0.2, 0.25) is 0 Å². The molecule has 6 heteroatoms. The fourth-order valence-corrected chi connectivity index (χ4v) is 0.684. The van der Waals surface area contributed by atoms with Crippen molar-refractivity contribution in [2.45, 2.75) is 6.67 Å². The summed E-state index contributed by atoms with van der Waals surface area (Å²) in [6, 6.07) is 0. The van der Waals surface area contributed by atoms with Crippen molar-refractivity contribution in [3.63, 3.8) is 0 Å². The highest BCUT2D eigenvalue weighted by atomic mass is 16.1. The van der Waals surface area contributed by atoms with Gasteiger partial charge in [0.2, 0.25) is 0 Å². The highest BCUT2D eigenvalue weighted by molar-refractivity contribution is 5.12. The number of azo groups is 1. The van der Waals surface area contributed by atoms with Crippen LogP contribution in [0.5, 0.6) is 0 Å². The Morgan fingerprint density at radius 1 is 1.60 bits per heavy atom. The molecule has 0 aromatic carbocycles. The molecule has 0 amide bonds. The second kappa shape index (κ2) is 1.69. The zero-order chi connectivity index (χ0) is 6.97. The lowest BCUT2D eigenvalue weighted by atomic mass is 10.8. The van der Waals surface area contributed by atoms with Crippen molar-refractivity contribution in [2.75, 3.05) is 0 Å². The first kappa shape index (κ1) is 5.21. The molecule has 1 aliphatic heterocycles. The third kappa shape index (κ3) is 0.619. The molecule has 2 heterocycles. The predicted octanol–water partition coefficient (Wildman–Crippen LogP) is -0.307. The topological polar surface area (TPSA) is 72.5 Å². The van der Waals surface area contributed by atoms with E-state index in [9.17, 15) is 4.79 Å². The lowest BCUT2D eigenvalue weighted by Crippen LogP contribution is -2.11. The SMILES string of the molecule is O=c1cnn2c(n1)N=NC2. The zero-order valence-corrected chi connectivity index (χ0v) is 4.93. The highest BCUT2D eigenvalue weighted by Gasteiger charge is 2.06. The van der Waals surface area contributed by atoms with Gasteiger partial charge in [-0.1, -0.05) is 0 Å². The molecule has 0 atom stereocenters. The van der Waals surface area contributed by atoms with Gasteiger partial charge in [-0.25, -0.2) is 4.68 Å². The van der Waals surface area contributed by atoms with Gasteiger partial charge in [0.05, 0.1) is 0 Å². The van der Waals surface area contributed by atoms with Crippen LogP contribution in [0.25, 0.3) is 0 Å². The summed E-state index contributed by atoms with van der Waals surface area (Å²) in [5, 5.41) is 10.9. The van der Waals surface area contributed by atoms with Crippen LogP contribution >= 0.6 is 0 Å². The minimum absolute atomic E-state index is 0.285. The van der Waals surface area contributed by atoms with E-state index < -0.39 is 0 Å². The van der Waals surface area contributed by atoms with E-state index in [0.717, 1.165) is 6.20 Å². The van der Waals surface area contributed by atoms with Gasteiger partial charge >= 0.3 is 0 Å². The van der Waals surface area contributed by atoms with Crippen molar-refractivity contribution in [1.82, 2.24) is 14.8 Å². The van der Waals surface area contributed by atoms with Crippen LogP contribution in [0.4, 0.5) is 5.95 Å². The fraction of sp³-hybridized carbons (Fsp3) is 0.250. The molecule has 1 aromatic heterocycles. The summed E-state index contributed by atoms with van der Waals surface area (Å²) >= 11 is 0. The fourth-order valence-electron chi connectivity index (χ4n) is 0.684. The maximum Gasteiger partial charge on any atom is 0.293 e. The Hall–Kier alpha value is -1.59. The van der Waals surface area contributed by atoms with Crippen LogP contribution in [-0.4, -0.2) is 14.8 Å². The number of fused-ring (bicyclic) bond motifs is 1. The van der Waals surface area contributed by atoms with E-state index >= 15 is 0 Å². The van der Waals surface area contributed by atoms with Gasteiger partial charge in [-0.05, 0) is 0 Å². The Kier molecular flexibility index (Phi) is 0.883. The predicted molar refractivity (Wildman–Crippen MR) is 30.8 cm³/mol. The van der Waals surface area contributed by atoms with Gasteiger partial charge in [0, 0.05) is 0 Å². The normalized spacial score (nSPS) is 13.6. The van der Waals surface area contributed by atoms with Gasteiger partial charge in [-0.15, -0.1) is 5.11 Å². The molecule has 1 aromatic rings. The maximum absolute atomic E-state index is 10.5. The summed E-state index contributed by atoms with van der Waals surface area (Å²) < 4.78 is 1.45. The molecule has 2 rings (SSSR count). The number of hydrogen-bond donors (Lipinski definition) is 0. The molecule has 1 aliphatic rings. The summed E-state index contributed by atoms with van der Waals surface area (Å²) in [4.78, 5) is 14.1. The van der Waals surface area contributed by atoms with E-state index in [4.69, 9.17) is 0 Å². The number of hydrogen-bond acceptors (Lipinski definition) is 5. The first-order chi connectivity index (χ1) is 4.86. The third-order valence-electron chi connectivity index (χ3n) is 1.11. The van der Waals surface area contributed by atoms with Crippen LogP contribution in [0.1, 0.15) is 0 Å². The van der Waals surface area contributed by atoms with Crippen molar-refractivity contribution < 1.29 is 0 Å². The highest BCUT2D eigenvalue weighted by Crippen LogP contribution is 2.10. The number of aromatic nitrogens is 3. The molecule has 0 radical (unpaired) electrons. The second-order valence-corrected chi connectivity index (χ2v) is 1.78. The van der Waals surface area contributed by atoms with Crippen molar-refractivity contribution in [3.05, 3.63) is 16.6 Å². The summed E-state index contributed by atoms with van der Waals surface area (Å²) in [5.41, 5.74) is -0.382. The molecule has 0 fully saturated rings. The molecular weight excluding hydrogens is 134 g/mol. The Morgan fingerprint density at radius 3 is 3.40 bits per heavy atom. The van der Waals surface area contributed by atoms with E-state index in [0.29, 0.717) is 6.67 Å². The van der Waals surface area contributed by atoms with Gasteiger partial charge in [-0.2, -0.15) is 15.2 Å². The average molecular weight is 137 g/mol. The van der Waals surface area contributed by atoms with Gasteiger partial charge in [-0.3, -0.25) is 4.79 Å². The van der Waals surface area contributed by atoms with E-state index in [-0.39, 0.29) is 11.5 Å². The Labute approximate surface area is 55.2 Å². The number of rotatable bonds is 0. The Bertz CT molecular complexity index is 340. The van der Waals surface area contributed by atoms with Crippen LogP contribution in [0.15, 0.2) is 21.2 Å². The summed E-state index contributed by atoms with van der Waals surface area (Å²) in [5.74, 6) is 0.285.